The molecule has 0 radical (unpaired) electrons. The lowest BCUT2D eigenvalue weighted by Crippen LogP contribution is -2.31. The normalized spacial score (nSPS) is 18.6. The van der Waals surface area contributed by atoms with Crippen LogP contribution in [-0.4, -0.2) is 13.2 Å². The Labute approximate surface area is 111 Å². The molecule has 1 fully saturated rings. The van der Waals surface area contributed by atoms with Crippen LogP contribution >= 0.6 is 0 Å². The summed E-state index contributed by atoms with van der Waals surface area (Å²) < 4.78 is 5.52. The van der Waals surface area contributed by atoms with Crippen molar-refractivity contribution >= 4 is 0 Å². The summed E-state index contributed by atoms with van der Waals surface area (Å²) in [4.78, 5) is 0. The molecule has 2 heteroatoms. The van der Waals surface area contributed by atoms with Crippen molar-refractivity contribution in [3.8, 4) is 5.75 Å². The van der Waals surface area contributed by atoms with Crippen LogP contribution in [0.5, 0.6) is 5.75 Å². The van der Waals surface area contributed by atoms with Gasteiger partial charge in [-0.1, -0.05) is 31.4 Å². The number of benzene rings is 1. The van der Waals surface area contributed by atoms with Crippen LogP contribution in [0.25, 0.3) is 0 Å². The van der Waals surface area contributed by atoms with Crippen molar-refractivity contribution in [3.05, 3.63) is 29.8 Å². The molecule has 2 rings (SSSR count). The minimum absolute atomic E-state index is 0.331. The molecule has 100 valence electrons. The highest BCUT2D eigenvalue weighted by atomic mass is 16.5. The van der Waals surface area contributed by atoms with Crippen LogP contribution < -0.4 is 10.5 Å². The average Bonchev–Trinajstić information content (AvgIpc) is 2.41. The van der Waals surface area contributed by atoms with Crippen LogP contribution in [0.15, 0.2) is 24.3 Å². The molecule has 2 N–H and O–H groups in total. The number of hydrogen-bond donors (Lipinski definition) is 1. The zero-order valence-electron chi connectivity index (χ0n) is 11.5. The van der Waals surface area contributed by atoms with Gasteiger partial charge < -0.3 is 10.5 Å². The molecule has 0 heterocycles. The zero-order chi connectivity index (χ0) is 12.8. The third kappa shape index (κ3) is 2.86. The van der Waals surface area contributed by atoms with Crippen molar-refractivity contribution in [2.75, 3.05) is 13.2 Å². The van der Waals surface area contributed by atoms with E-state index in [9.17, 15) is 0 Å². The van der Waals surface area contributed by atoms with Gasteiger partial charge >= 0.3 is 0 Å². The third-order valence-electron chi connectivity index (χ3n) is 4.21. The molecule has 2 nitrogen and oxygen atoms in total. The van der Waals surface area contributed by atoms with Crippen LogP contribution in [0.3, 0.4) is 0 Å². The Bertz CT molecular complexity index is 346. The van der Waals surface area contributed by atoms with Gasteiger partial charge in [0.2, 0.25) is 0 Å². The standard InChI is InChI=1S/C16H25NO/c1-2-18-15-8-6-14(7-9-15)16(12-13-17)10-4-3-5-11-16/h6-9H,2-5,10-13,17H2,1H3. The lowest BCUT2D eigenvalue weighted by atomic mass is 9.67. The van der Waals surface area contributed by atoms with Crippen LogP contribution in [0.4, 0.5) is 0 Å². The van der Waals surface area contributed by atoms with E-state index in [1.54, 1.807) is 0 Å². The minimum Gasteiger partial charge on any atom is -0.494 e. The van der Waals surface area contributed by atoms with Gasteiger partial charge in [-0.25, -0.2) is 0 Å². The molecule has 0 bridgehead atoms. The van der Waals surface area contributed by atoms with Crippen molar-refractivity contribution in [1.82, 2.24) is 0 Å². The molecule has 0 aliphatic heterocycles. The Morgan fingerprint density at radius 3 is 2.33 bits per heavy atom. The number of nitrogens with two attached hydrogens (primary N) is 1. The highest BCUT2D eigenvalue weighted by Gasteiger charge is 2.32. The van der Waals surface area contributed by atoms with E-state index in [2.05, 4.69) is 24.3 Å². The SMILES string of the molecule is CCOc1ccc(C2(CCN)CCCCC2)cc1. The summed E-state index contributed by atoms with van der Waals surface area (Å²) in [6.07, 6.45) is 7.75. The number of rotatable bonds is 5. The van der Waals surface area contributed by atoms with Gasteiger partial charge in [-0.3, -0.25) is 0 Å². The summed E-state index contributed by atoms with van der Waals surface area (Å²) in [5.41, 5.74) is 7.62. The van der Waals surface area contributed by atoms with Crippen molar-refractivity contribution in [3.63, 3.8) is 0 Å². The molecule has 1 saturated carbocycles. The fourth-order valence-electron chi connectivity index (χ4n) is 3.26. The second-order valence-corrected chi connectivity index (χ2v) is 5.34. The van der Waals surface area contributed by atoms with E-state index in [4.69, 9.17) is 10.5 Å². The predicted octanol–water partition coefficient (Wildman–Crippen LogP) is 3.64. The monoisotopic (exact) mass is 247 g/mol. The smallest absolute Gasteiger partial charge is 0.119 e. The van der Waals surface area contributed by atoms with E-state index in [1.807, 2.05) is 6.92 Å². The molecule has 1 aliphatic carbocycles. The molecular formula is C16H25NO. The minimum atomic E-state index is 0.331. The van der Waals surface area contributed by atoms with Gasteiger partial charge in [0, 0.05) is 0 Å². The third-order valence-corrected chi connectivity index (χ3v) is 4.21. The highest BCUT2D eigenvalue weighted by Crippen LogP contribution is 2.42. The maximum absolute atomic E-state index is 5.83. The first-order valence-electron chi connectivity index (χ1n) is 7.24. The fraction of sp³-hybridized carbons (Fsp3) is 0.625. The van der Waals surface area contributed by atoms with Crippen molar-refractivity contribution in [2.45, 2.75) is 50.9 Å². The van der Waals surface area contributed by atoms with Crippen molar-refractivity contribution in [2.24, 2.45) is 5.73 Å². The van der Waals surface area contributed by atoms with Gasteiger partial charge in [0.05, 0.1) is 6.61 Å². The molecule has 1 aromatic carbocycles. The van der Waals surface area contributed by atoms with Crippen LogP contribution in [0.1, 0.15) is 51.0 Å². The molecule has 1 aromatic rings. The van der Waals surface area contributed by atoms with Gasteiger partial charge in [-0.2, -0.15) is 0 Å². The topological polar surface area (TPSA) is 35.2 Å². The molecule has 0 amide bonds. The maximum Gasteiger partial charge on any atom is 0.119 e. The van der Waals surface area contributed by atoms with Gasteiger partial charge in [0.25, 0.3) is 0 Å². The Hall–Kier alpha value is -1.02. The van der Waals surface area contributed by atoms with Gasteiger partial charge in [-0.05, 0) is 55.8 Å². The summed E-state index contributed by atoms with van der Waals surface area (Å²) in [6, 6.07) is 8.69. The van der Waals surface area contributed by atoms with Crippen molar-refractivity contribution < 1.29 is 4.74 Å². The molecule has 0 unspecified atom stereocenters. The van der Waals surface area contributed by atoms with E-state index in [0.29, 0.717) is 5.41 Å². The van der Waals surface area contributed by atoms with Crippen LogP contribution in [-0.2, 0) is 5.41 Å². The summed E-state index contributed by atoms with van der Waals surface area (Å²) in [6.45, 7) is 3.53. The Kier molecular flexibility index (Phi) is 4.65. The molecular weight excluding hydrogens is 222 g/mol. The Morgan fingerprint density at radius 1 is 1.11 bits per heavy atom. The second kappa shape index (κ2) is 6.24. The fourth-order valence-corrected chi connectivity index (χ4v) is 3.26. The second-order valence-electron chi connectivity index (χ2n) is 5.34. The first-order chi connectivity index (χ1) is 8.80. The summed E-state index contributed by atoms with van der Waals surface area (Å²) in [5.74, 6) is 0.972. The first-order valence-corrected chi connectivity index (χ1v) is 7.24. The van der Waals surface area contributed by atoms with Crippen LogP contribution in [0, 0.1) is 0 Å². The van der Waals surface area contributed by atoms with Crippen molar-refractivity contribution in [1.29, 1.82) is 0 Å². The van der Waals surface area contributed by atoms with E-state index in [0.717, 1.165) is 25.3 Å². The summed E-state index contributed by atoms with van der Waals surface area (Å²) in [5, 5.41) is 0. The number of ether oxygens (including phenoxy) is 1. The Morgan fingerprint density at radius 2 is 1.78 bits per heavy atom. The quantitative estimate of drug-likeness (QED) is 0.862. The van der Waals surface area contributed by atoms with E-state index < -0.39 is 0 Å². The van der Waals surface area contributed by atoms with E-state index in [-0.39, 0.29) is 0 Å². The molecule has 0 spiro atoms. The number of hydrogen-bond acceptors (Lipinski definition) is 2. The Balaban J connectivity index is 2.19. The first kappa shape index (κ1) is 13.4. The van der Waals surface area contributed by atoms with Crippen LogP contribution in [0.2, 0.25) is 0 Å². The lowest BCUT2D eigenvalue weighted by Gasteiger charge is -2.38. The highest BCUT2D eigenvalue weighted by molar-refractivity contribution is 5.33. The largest absolute Gasteiger partial charge is 0.494 e. The zero-order valence-corrected chi connectivity index (χ0v) is 11.5. The van der Waals surface area contributed by atoms with Gasteiger partial charge in [0.15, 0.2) is 0 Å². The van der Waals surface area contributed by atoms with E-state index >= 15 is 0 Å². The lowest BCUT2D eigenvalue weighted by molar-refractivity contribution is 0.277. The summed E-state index contributed by atoms with van der Waals surface area (Å²) in [7, 11) is 0. The molecule has 0 atom stereocenters. The molecule has 0 saturated heterocycles. The molecule has 1 aliphatic rings. The average molecular weight is 247 g/mol. The predicted molar refractivity (Wildman–Crippen MR) is 76.0 cm³/mol. The summed E-state index contributed by atoms with van der Waals surface area (Å²) >= 11 is 0. The van der Waals surface area contributed by atoms with Gasteiger partial charge in [-0.15, -0.1) is 0 Å². The van der Waals surface area contributed by atoms with Gasteiger partial charge in [0.1, 0.15) is 5.75 Å². The van der Waals surface area contributed by atoms with E-state index in [1.165, 1.54) is 37.7 Å². The maximum atomic E-state index is 5.83. The molecule has 0 aromatic heterocycles. The molecule has 18 heavy (non-hydrogen) atoms.